The summed E-state index contributed by atoms with van der Waals surface area (Å²) in [6, 6.07) is 0. The number of carbonyl (C=O) groups excluding carboxylic acids is 2. The molecule has 5 N–H and O–H groups in total. The molecule has 0 saturated carbocycles. The average Bonchev–Trinajstić information content (AvgIpc) is 2.40. The van der Waals surface area contributed by atoms with Gasteiger partial charge in [0.05, 0.1) is 5.41 Å². The number of alkyl carbamates (subject to hydrolysis) is 1. The van der Waals surface area contributed by atoms with Crippen LogP contribution in [0.1, 0.15) is 20.8 Å². The molecule has 0 spiro atoms. The van der Waals surface area contributed by atoms with Gasteiger partial charge >= 0.3 is 12.1 Å². The largest absolute Gasteiger partial charge is 0.427 e. The van der Waals surface area contributed by atoms with E-state index in [2.05, 4.69) is 16.0 Å². The molecule has 0 aliphatic carbocycles. The van der Waals surface area contributed by atoms with Crippen LogP contribution in [0.4, 0.5) is 4.79 Å². The van der Waals surface area contributed by atoms with Gasteiger partial charge in [0, 0.05) is 39.3 Å². The summed E-state index contributed by atoms with van der Waals surface area (Å²) in [6.45, 7) is 8.88. The van der Waals surface area contributed by atoms with E-state index in [1.165, 1.54) is 0 Å². The second kappa shape index (κ2) is 11.3. The van der Waals surface area contributed by atoms with Crippen molar-refractivity contribution in [1.82, 2.24) is 16.0 Å². The molecule has 0 aliphatic rings. The van der Waals surface area contributed by atoms with Crippen LogP contribution in [0.25, 0.3) is 0 Å². The van der Waals surface area contributed by atoms with Crippen LogP contribution in [0, 0.1) is 5.41 Å². The number of nitrogens with one attached hydrogen (secondary N) is 3. The Labute approximate surface area is 126 Å². The molecule has 0 heterocycles. The predicted molar refractivity (Wildman–Crippen MR) is 79.7 cm³/mol. The number of ether oxygens (including phenoxy) is 2. The Morgan fingerprint density at radius 2 is 1.52 bits per heavy atom. The molecule has 0 fully saturated rings. The van der Waals surface area contributed by atoms with Gasteiger partial charge in [-0.15, -0.1) is 0 Å². The first kappa shape index (κ1) is 19.6. The highest BCUT2D eigenvalue weighted by atomic mass is 16.7. The standard InChI is InChI=1S/C13H28N4O4/c1-13(2,3)11(18)20-10-21-12(19)17-9-8-16-7-6-15-5-4-14/h15-16H,4-10,14H2,1-3H3,(H,17,19). The summed E-state index contributed by atoms with van der Waals surface area (Å²) in [5.74, 6) is -0.415. The number of hydrogen-bond donors (Lipinski definition) is 4. The highest BCUT2D eigenvalue weighted by Crippen LogP contribution is 2.14. The van der Waals surface area contributed by atoms with E-state index in [0.29, 0.717) is 19.6 Å². The molecule has 21 heavy (non-hydrogen) atoms. The van der Waals surface area contributed by atoms with Crippen LogP contribution in [-0.2, 0) is 14.3 Å². The third-order valence-corrected chi connectivity index (χ3v) is 2.36. The molecule has 8 heteroatoms. The van der Waals surface area contributed by atoms with Gasteiger partial charge < -0.3 is 31.2 Å². The van der Waals surface area contributed by atoms with Gasteiger partial charge in [-0.3, -0.25) is 4.79 Å². The first-order valence-electron chi connectivity index (χ1n) is 7.07. The van der Waals surface area contributed by atoms with Crippen molar-refractivity contribution in [3.63, 3.8) is 0 Å². The van der Waals surface area contributed by atoms with Crippen LogP contribution >= 0.6 is 0 Å². The third kappa shape index (κ3) is 12.1. The van der Waals surface area contributed by atoms with Gasteiger partial charge in [-0.1, -0.05) is 0 Å². The van der Waals surface area contributed by atoms with Gasteiger partial charge in [0.1, 0.15) is 0 Å². The fourth-order valence-electron chi connectivity index (χ4n) is 1.19. The minimum absolute atomic E-state index is 0.377. The van der Waals surface area contributed by atoms with Crippen LogP contribution in [-0.4, -0.2) is 58.1 Å². The molecule has 0 atom stereocenters. The minimum atomic E-state index is -0.611. The molecule has 0 rings (SSSR count). The summed E-state index contributed by atoms with van der Waals surface area (Å²) in [5.41, 5.74) is 4.72. The Bertz CT molecular complexity index is 305. The topological polar surface area (TPSA) is 115 Å². The van der Waals surface area contributed by atoms with Crippen molar-refractivity contribution in [3.8, 4) is 0 Å². The highest BCUT2D eigenvalue weighted by molar-refractivity contribution is 5.75. The molecule has 0 unspecified atom stereocenters. The zero-order valence-electron chi connectivity index (χ0n) is 13.2. The number of nitrogens with two attached hydrogens (primary N) is 1. The molecular formula is C13H28N4O4. The lowest BCUT2D eigenvalue weighted by atomic mass is 9.98. The highest BCUT2D eigenvalue weighted by Gasteiger charge is 2.23. The maximum absolute atomic E-state index is 11.4. The van der Waals surface area contributed by atoms with E-state index in [-0.39, 0.29) is 6.79 Å². The number of amides is 1. The Balaban J connectivity index is 3.41. The molecule has 0 aromatic heterocycles. The minimum Gasteiger partial charge on any atom is -0.427 e. The van der Waals surface area contributed by atoms with Crippen molar-refractivity contribution in [2.24, 2.45) is 11.1 Å². The van der Waals surface area contributed by atoms with Gasteiger partial charge in [0.2, 0.25) is 6.79 Å². The fourth-order valence-corrected chi connectivity index (χ4v) is 1.19. The lowest BCUT2D eigenvalue weighted by Gasteiger charge is -2.16. The number of carbonyl (C=O) groups is 2. The first-order valence-corrected chi connectivity index (χ1v) is 7.07. The Morgan fingerprint density at radius 1 is 0.952 bits per heavy atom. The molecule has 0 bridgehead atoms. The second-order valence-electron chi connectivity index (χ2n) is 5.45. The summed E-state index contributed by atoms with van der Waals surface area (Å²) < 4.78 is 9.52. The van der Waals surface area contributed by atoms with Crippen molar-refractivity contribution in [1.29, 1.82) is 0 Å². The maximum atomic E-state index is 11.4. The van der Waals surface area contributed by atoms with Gasteiger partial charge in [0.25, 0.3) is 0 Å². The van der Waals surface area contributed by atoms with E-state index in [1.54, 1.807) is 20.8 Å². The van der Waals surface area contributed by atoms with Gasteiger partial charge in [-0.05, 0) is 20.8 Å². The van der Waals surface area contributed by atoms with Crippen molar-refractivity contribution in [3.05, 3.63) is 0 Å². The normalized spacial score (nSPS) is 11.0. The SMILES string of the molecule is CC(C)(C)C(=O)OCOC(=O)NCCNCCNCCN. The van der Waals surface area contributed by atoms with E-state index in [0.717, 1.165) is 19.6 Å². The molecule has 124 valence electrons. The number of hydrogen-bond acceptors (Lipinski definition) is 7. The molecule has 1 amide bonds. The van der Waals surface area contributed by atoms with Crippen molar-refractivity contribution in [2.45, 2.75) is 20.8 Å². The van der Waals surface area contributed by atoms with E-state index in [9.17, 15) is 9.59 Å². The molecule has 0 aromatic carbocycles. The van der Waals surface area contributed by atoms with Crippen molar-refractivity contribution < 1.29 is 19.1 Å². The molecule has 8 nitrogen and oxygen atoms in total. The summed E-state index contributed by atoms with van der Waals surface area (Å²) in [4.78, 5) is 22.7. The number of rotatable bonds is 10. The van der Waals surface area contributed by atoms with E-state index in [1.807, 2.05) is 0 Å². The summed E-state index contributed by atoms with van der Waals surface area (Å²) >= 11 is 0. The van der Waals surface area contributed by atoms with Gasteiger partial charge in [0.15, 0.2) is 0 Å². The quantitative estimate of drug-likeness (QED) is 0.242. The van der Waals surface area contributed by atoms with Crippen LogP contribution in [0.15, 0.2) is 0 Å². The maximum Gasteiger partial charge on any atom is 0.410 e. The number of esters is 1. The molecule has 0 radical (unpaired) electrons. The summed E-state index contributed by atoms with van der Waals surface area (Å²) in [7, 11) is 0. The summed E-state index contributed by atoms with van der Waals surface area (Å²) in [6.07, 6.45) is -0.611. The van der Waals surface area contributed by atoms with Crippen LogP contribution in [0.2, 0.25) is 0 Å². The average molecular weight is 304 g/mol. The lowest BCUT2D eigenvalue weighted by Crippen LogP contribution is -2.36. The zero-order valence-corrected chi connectivity index (χ0v) is 13.2. The van der Waals surface area contributed by atoms with Gasteiger partial charge in [-0.25, -0.2) is 4.79 Å². The van der Waals surface area contributed by atoms with E-state index < -0.39 is 17.5 Å². The molecule has 0 saturated heterocycles. The third-order valence-electron chi connectivity index (χ3n) is 2.36. The first-order chi connectivity index (χ1) is 9.88. The molecular weight excluding hydrogens is 276 g/mol. The zero-order chi connectivity index (χ0) is 16.1. The van der Waals surface area contributed by atoms with Crippen LogP contribution in [0.5, 0.6) is 0 Å². The van der Waals surface area contributed by atoms with E-state index >= 15 is 0 Å². The van der Waals surface area contributed by atoms with Crippen LogP contribution in [0.3, 0.4) is 0 Å². The molecule has 0 aromatic rings. The Morgan fingerprint density at radius 3 is 2.10 bits per heavy atom. The van der Waals surface area contributed by atoms with E-state index in [4.69, 9.17) is 15.2 Å². The monoisotopic (exact) mass is 304 g/mol. The smallest absolute Gasteiger partial charge is 0.410 e. The second-order valence-corrected chi connectivity index (χ2v) is 5.45. The predicted octanol–water partition coefficient (Wildman–Crippen LogP) is -0.603. The van der Waals surface area contributed by atoms with Crippen LogP contribution < -0.4 is 21.7 Å². The summed E-state index contributed by atoms with van der Waals surface area (Å²) in [5, 5.41) is 8.81. The Hall–Kier alpha value is -1.38. The lowest BCUT2D eigenvalue weighted by molar-refractivity contribution is -0.161. The fraction of sp³-hybridized carbons (Fsp3) is 0.846. The van der Waals surface area contributed by atoms with Crippen molar-refractivity contribution in [2.75, 3.05) is 46.1 Å². The van der Waals surface area contributed by atoms with Crippen molar-refractivity contribution >= 4 is 12.1 Å². The Kier molecular flexibility index (Phi) is 10.6. The van der Waals surface area contributed by atoms with Gasteiger partial charge in [-0.2, -0.15) is 0 Å². The molecule has 0 aliphatic heterocycles.